The van der Waals surface area contributed by atoms with Crippen molar-refractivity contribution in [3.05, 3.63) is 29.3 Å². The number of amides is 1. The number of nitrogens with zero attached hydrogens (tertiary/aromatic N) is 1. The zero-order chi connectivity index (χ0) is 14.8. The summed E-state index contributed by atoms with van der Waals surface area (Å²) >= 11 is 0. The van der Waals surface area contributed by atoms with Crippen molar-refractivity contribution in [1.82, 2.24) is 4.90 Å². The van der Waals surface area contributed by atoms with Gasteiger partial charge in [0.25, 0.3) is 5.91 Å². The molecule has 2 heterocycles. The first-order chi connectivity index (χ1) is 10.1. The van der Waals surface area contributed by atoms with Gasteiger partial charge in [-0.05, 0) is 49.4 Å². The highest BCUT2D eigenvalue weighted by Crippen LogP contribution is 2.25. The quantitative estimate of drug-likeness (QED) is 0.873. The van der Waals surface area contributed by atoms with Gasteiger partial charge in [-0.2, -0.15) is 0 Å². The van der Waals surface area contributed by atoms with Crippen LogP contribution in [-0.4, -0.2) is 41.5 Å². The Morgan fingerprint density at radius 2 is 2.00 bits per heavy atom. The molecule has 2 aliphatic rings. The van der Waals surface area contributed by atoms with E-state index in [2.05, 4.69) is 5.32 Å². The molecule has 1 fully saturated rings. The smallest absolute Gasteiger partial charge is 0.306 e. The van der Waals surface area contributed by atoms with Crippen molar-refractivity contribution >= 4 is 17.6 Å². The fourth-order valence-corrected chi connectivity index (χ4v) is 3.12. The van der Waals surface area contributed by atoms with Crippen LogP contribution in [0.4, 0.5) is 5.69 Å². The number of likely N-dealkylation sites (tertiary alicyclic amines) is 1. The number of fused-ring (bicyclic) bond motifs is 1. The van der Waals surface area contributed by atoms with E-state index in [1.165, 1.54) is 5.56 Å². The highest BCUT2D eigenvalue weighted by atomic mass is 16.4. The number of aryl methyl sites for hydroxylation is 1. The molecule has 0 atom stereocenters. The first-order valence-corrected chi connectivity index (χ1v) is 7.54. The molecule has 1 aromatic rings. The first-order valence-electron chi connectivity index (χ1n) is 7.54. The zero-order valence-corrected chi connectivity index (χ0v) is 12.0. The van der Waals surface area contributed by atoms with Gasteiger partial charge in [-0.25, -0.2) is 0 Å². The number of benzene rings is 1. The van der Waals surface area contributed by atoms with E-state index >= 15 is 0 Å². The van der Waals surface area contributed by atoms with Gasteiger partial charge in [-0.1, -0.05) is 0 Å². The minimum absolute atomic E-state index is 0.0206. The molecule has 0 saturated carbocycles. The van der Waals surface area contributed by atoms with Crippen molar-refractivity contribution in [2.24, 2.45) is 5.92 Å². The molecule has 0 radical (unpaired) electrons. The van der Waals surface area contributed by atoms with Crippen LogP contribution in [0.25, 0.3) is 0 Å². The number of carbonyl (C=O) groups excluding carboxylic acids is 1. The maximum Gasteiger partial charge on any atom is 0.306 e. The van der Waals surface area contributed by atoms with Crippen LogP contribution >= 0.6 is 0 Å². The molecule has 0 unspecified atom stereocenters. The van der Waals surface area contributed by atoms with Gasteiger partial charge in [0.15, 0.2) is 0 Å². The van der Waals surface area contributed by atoms with E-state index in [1.54, 1.807) is 4.90 Å². The Hall–Kier alpha value is -2.04. The maximum absolute atomic E-state index is 12.5. The maximum atomic E-state index is 12.5. The van der Waals surface area contributed by atoms with E-state index in [9.17, 15) is 9.59 Å². The monoisotopic (exact) mass is 288 g/mol. The van der Waals surface area contributed by atoms with E-state index in [0.29, 0.717) is 31.5 Å². The van der Waals surface area contributed by atoms with Gasteiger partial charge in [0.2, 0.25) is 0 Å². The second-order valence-electron chi connectivity index (χ2n) is 5.81. The lowest BCUT2D eigenvalue weighted by Gasteiger charge is -2.30. The van der Waals surface area contributed by atoms with Crippen molar-refractivity contribution in [3.63, 3.8) is 0 Å². The predicted octanol–water partition coefficient (Wildman–Crippen LogP) is 1.98. The molecular formula is C16H20N2O3. The number of carbonyl (C=O) groups is 2. The van der Waals surface area contributed by atoms with Crippen LogP contribution in [0.3, 0.4) is 0 Å². The molecule has 0 spiro atoms. The topological polar surface area (TPSA) is 69.6 Å². The molecule has 3 rings (SSSR count). The summed E-state index contributed by atoms with van der Waals surface area (Å²) in [5.74, 6) is -1.03. The largest absolute Gasteiger partial charge is 0.481 e. The zero-order valence-electron chi connectivity index (χ0n) is 12.0. The number of carboxylic acid groups (broad SMARTS) is 1. The van der Waals surface area contributed by atoms with Crippen molar-refractivity contribution in [2.45, 2.75) is 25.7 Å². The van der Waals surface area contributed by atoms with Crippen molar-refractivity contribution in [3.8, 4) is 0 Å². The van der Waals surface area contributed by atoms with Gasteiger partial charge in [-0.15, -0.1) is 0 Å². The number of hydrogen-bond acceptors (Lipinski definition) is 3. The molecule has 5 nitrogen and oxygen atoms in total. The average molecular weight is 288 g/mol. The lowest BCUT2D eigenvalue weighted by Crippen LogP contribution is -2.40. The summed E-state index contributed by atoms with van der Waals surface area (Å²) in [4.78, 5) is 25.2. The fraction of sp³-hybridized carbons (Fsp3) is 0.500. The lowest BCUT2D eigenvalue weighted by atomic mass is 9.96. The van der Waals surface area contributed by atoms with Crippen LogP contribution in [0, 0.1) is 5.92 Å². The van der Waals surface area contributed by atoms with Gasteiger partial charge < -0.3 is 15.3 Å². The van der Waals surface area contributed by atoms with Gasteiger partial charge >= 0.3 is 5.97 Å². The fourth-order valence-electron chi connectivity index (χ4n) is 3.12. The standard InChI is InChI=1S/C16H20N2O3/c19-15(18-8-5-11(6-9-18)16(20)21)13-3-4-14-12(10-13)2-1-7-17-14/h3-4,10-11,17H,1-2,5-9H2,(H,20,21). The third-order valence-corrected chi connectivity index (χ3v) is 4.42. The second-order valence-corrected chi connectivity index (χ2v) is 5.81. The van der Waals surface area contributed by atoms with Crippen LogP contribution in [0.15, 0.2) is 18.2 Å². The Morgan fingerprint density at radius 3 is 2.71 bits per heavy atom. The van der Waals surface area contributed by atoms with Crippen LogP contribution in [0.5, 0.6) is 0 Å². The summed E-state index contributed by atoms with van der Waals surface area (Å²) in [6.45, 7) is 2.05. The normalized spacial score (nSPS) is 18.8. The summed E-state index contributed by atoms with van der Waals surface area (Å²) in [5.41, 5.74) is 3.04. The first kappa shape index (κ1) is 13.9. The number of anilines is 1. The van der Waals surface area contributed by atoms with E-state index in [-0.39, 0.29) is 11.8 Å². The summed E-state index contributed by atoms with van der Waals surface area (Å²) in [6, 6.07) is 5.82. The Balaban J connectivity index is 1.70. The number of aliphatic carboxylic acids is 1. The molecule has 1 saturated heterocycles. The van der Waals surface area contributed by atoms with E-state index < -0.39 is 5.97 Å². The SMILES string of the molecule is O=C(O)C1CCN(C(=O)c2ccc3c(c2)CCCN3)CC1. The third kappa shape index (κ3) is 2.86. The molecule has 1 aromatic carbocycles. The van der Waals surface area contributed by atoms with Crippen molar-refractivity contribution in [1.29, 1.82) is 0 Å². The Morgan fingerprint density at radius 1 is 1.24 bits per heavy atom. The summed E-state index contributed by atoms with van der Waals surface area (Å²) in [6.07, 6.45) is 3.19. The summed E-state index contributed by atoms with van der Waals surface area (Å²) in [5, 5.41) is 12.3. The minimum Gasteiger partial charge on any atom is -0.481 e. The third-order valence-electron chi connectivity index (χ3n) is 4.42. The van der Waals surface area contributed by atoms with Crippen LogP contribution in [-0.2, 0) is 11.2 Å². The van der Waals surface area contributed by atoms with Crippen LogP contribution in [0.1, 0.15) is 35.2 Å². The molecule has 112 valence electrons. The molecule has 5 heteroatoms. The molecule has 21 heavy (non-hydrogen) atoms. The van der Waals surface area contributed by atoms with Gasteiger partial charge in [0.05, 0.1) is 5.92 Å². The molecule has 2 N–H and O–H groups in total. The number of nitrogens with one attached hydrogen (secondary N) is 1. The summed E-state index contributed by atoms with van der Waals surface area (Å²) in [7, 11) is 0. The van der Waals surface area contributed by atoms with Crippen molar-refractivity contribution < 1.29 is 14.7 Å². The minimum atomic E-state index is -0.748. The number of piperidine rings is 1. The molecular weight excluding hydrogens is 268 g/mol. The average Bonchev–Trinajstić information content (AvgIpc) is 2.54. The van der Waals surface area contributed by atoms with E-state index in [1.807, 2.05) is 18.2 Å². The van der Waals surface area contributed by atoms with Crippen molar-refractivity contribution in [2.75, 3.05) is 25.0 Å². The number of carboxylic acids is 1. The van der Waals surface area contributed by atoms with E-state index in [4.69, 9.17) is 5.11 Å². The van der Waals surface area contributed by atoms with Gasteiger partial charge in [0.1, 0.15) is 0 Å². The highest BCUT2D eigenvalue weighted by Gasteiger charge is 2.27. The number of hydrogen-bond donors (Lipinski definition) is 2. The van der Waals surface area contributed by atoms with Gasteiger partial charge in [-0.3, -0.25) is 9.59 Å². The van der Waals surface area contributed by atoms with Gasteiger partial charge in [0, 0.05) is 30.9 Å². The Bertz CT molecular complexity index is 563. The molecule has 0 aliphatic carbocycles. The second kappa shape index (κ2) is 5.76. The van der Waals surface area contributed by atoms with Crippen LogP contribution in [0.2, 0.25) is 0 Å². The Labute approximate surface area is 123 Å². The lowest BCUT2D eigenvalue weighted by molar-refractivity contribution is -0.143. The predicted molar refractivity (Wildman–Crippen MR) is 79.5 cm³/mol. The molecule has 0 bridgehead atoms. The number of rotatable bonds is 2. The molecule has 0 aromatic heterocycles. The van der Waals surface area contributed by atoms with Crippen LogP contribution < -0.4 is 5.32 Å². The summed E-state index contributed by atoms with van der Waals surface area (Å²) < 4.78 is 0. The Kier molecular flexibility index (Phi) is 3.82. The van der Waals surface area contributed by atoms with E-state index in [0.717, 1.165) is 25.1 Å². The molecule has 2 aliphatic heterocycles. The molecule has 1 amide bonds. The highest BCUT2D eigenvalue weighted by molar-refractivity contribution is 5.95.